The molecule has 1 fully saturated rings. The van der Waals surface area contributed by atoms with E-state index in [1.54, 1.807) is 36.4 Å². The molecule has 174 valence electrons. The number of thioether (sulfide) groups is 1. The first kappa shape index (κ1) is 23.7. The third kappa shape index (κ3) is 4.34. The van der Waals surface area contributed by atoms with Crippen LogP contribution in [0.25, 0.3) is 5.57 Å². The van der Waals surface area contributed by atoms with Gasteiger partial charge in [0.05, 0.1) is 28.8 Å². The predicted molar refractivity (Wildman–Crippen MR) is 134 cm³/mol. The summed E-state index contributed by atoms with van der Waals surface area (Å²) in [5, 5.41) is 2.73. The Hall–Kier alpha value is -3.50. The van der Waals surface area contributed by atoms with Crippen molar-refractivity contribution < 1.29 is 23.9 Å². The molecule has 2 aliphatic rings. The topological polar surface area (TPSA) is 96.0 Å². The monoisotopic (exact) mass is 495 g/mol. The SMILES string of the molecule is CCCN1C(=O)/C(=C2/C(=O)N(CC(=O)Nc3ccc(C(=O)OC)cc3)c3ccccc32)SC1=S. The van der Waals surface area contributed by atoms with E-state index in [-0.39, 0.29) is 22.9 Å². The Labute approximate surface area is 205 Å². The third-order valence-electron chi connectivity index (χ3n) is 5.34. The zero-order chi connectivity index (χ0) is 24.4. The number of rotatable bonds is 6. The van der Waals surface area contributed by atoms with Crippen LogP contribution in [0, 0.1) is 0 Å². The maximum atomic E-state index is 13.4. The first-order valence-corrected chi connectivity index (χ1v) is 11.8. The van der Waals surface area contributed by atoms with E-state index in [1.165, 1.54) is 29.0 Å². The maximum Gasteiger partial charge on any atom is 0.337 e. The predicted octanol–water partition coefficient (Wildman–Crippen LogP) is 3.44. The number of carbonyl (C=O) groups excluding carboxylic acids is 4. The van der Waals surface area contributed by atoms with Gasteiger partial charge in [0.2, 0.25) is 5.91 Å². The summed E-state index contributed by atoms with van der Waals surface area (Å²) in [6.45, 7) is 2.19. The van der Waals surface area contributed by atoms with Gasteiger partial charge in [-0.1, -0.05) is 49.1 Å². The highest BCUT2D eigenvalue weighted by atomic mass is 32.2. The normalized spacial score (nSPS) is 17.3. The number of nitrogens with one attached hydrogen (secondary N) is 1. The van der Waals surface area contributed by atoms with Crippen LogP contribution in [-0.2, 0) is 19.1 Å². The molecule has 0 unspecified atom stereocenters. The molecule has 0 bridgehead atoms. The molecule has 0 aromatic heterocycles. The van der Waals surface area contributed by atoms with Crippen LogP contribution < -0.4 is 10.2 Å². The van der Waals surface area contributed by atoms with Crippen molar-refractivity contribution in [3.8, 4) is 0 Å². The van der Waals surface area contributed by atoms with Crippen LogP contribution in [-0.4, -0.2) is 53.1 Å². The molecule has 1 N–H and O–H groups in total. The van der Waals surface area contributed by atoms with Crippen molar-refractivity contribution in [3.63, 3.8) is 0 Å². The average molecular weight is 496 g/mol. The van der Waals surface area contributed by atoms with Gasteiger partial charge in [-0.3, -0.25) is 24.2 Å². The summed E-state index contributed by atoms with van der Waals surface area (Å²) in [6.07, 6.45) is 0.743. The van der Waals surface area contributed by atoms with Gasteiger partial charge in [-0.2, -0.15) is 0 Å². The van der Waals surface area contributed by atoms with Gasteiger partial charge in [0, 0.05) is 17.8 Å². The summed E-state index contributed by atoms with van der Waals surface area (Å²) in [5.74, 6) is -1.61. The van der Waals surface area contributed by atoms with Gasteiger partial charge in [0.1, 0.15) is 10.9 Å². The van der Waals surface area contributed by atoms with E-state index in [9.17, 15) is 19.2 Å². The van der Waals surface area contributed by atoms with E-state index in [1.807, 2.05) is 6.92 Å². The summed E-state index contributed by atoms with van der Waals surface area (Å²) >= 11 is 6.47. The number of amides is 3. The average Bonchev–Trinajstić information content (AvgIpc) is 3.26. The van der Waals surface area contributed by atoms with E-state index in [0.29, 0.717) is 33.4 Å². The van der Waals surface area contributed by atoms with Crippen LogP contribution in [0.3, 0.4) is 0 Å². The summed E-state index contributed by atoms with van der Waals surface area (Å²) in [5.41, 5.74) is 2.24. The first-order chi connectivity index (χ1) is 16.3. The van der Waals surface area contributed by atoms with Gasteiger partial charge < -0.3 is 10.1 Å². The zero-order valence-electron chi connectivity index (χ0n) is 18.5. The fourth-order valence-electron chi connectivity index (χ4n) is 3.77. The molecule has 10 heteroatoms. The lowest BCUT2D eigenvalue weighted by atomic mass is 10.1. The molecule has 2 aromatic carbocycles. The number of benzene rings is 2. The van der Waals surface area contributed by atoms with Gasteiger partial charge in [-0.25, -0.2) is 4.79 Å². The van der Waals surface area contributed by atoms with E-state index >= 15 is 0 Å². The minimum atomic E-state index is -0.478. The van der Waals surface area contributed by atoms with Gasteiger partial charge in [0.15, 0.2) is 0 Å². The third-order valence-corrected chi connectivity index (χ3v) is 6.79. The highest BCUT2D eigenvalue weighted by molar-refractivity contribution is 8.26. The van der Waals surface area contributed by atoms with Crippen molar-refractivity contribution in [1.29, 1.82) is 0 Å². The Balaban J connectivity index is 1.58. The lowest BCUT2D eigenvalue weighted by Gasteiger charge is -2.17. The summed E-state index contributed by atoms with van der Waals surface area (Å²) in [4.78, 5) is 53.9. The molecule has 3 amide bonds. The Kier molecular flexibility index (Phi) is 6.80. The minimum absolute atomic E-state index is 0.243. The second-order valence-corrected chi connectivity index (χ2v) is 9.20. The summed E-state index contributed by atoms with van der Waals surface area (Å²) < 4.78 is 5.09. The number of nitrogens with zero attached hydrogens (tertiary/aromatic N) is 2. The Morgan fingerprint density at radius 1 is 1.03 bits per heavy atom. The van der Waals surface area contributed by atoms with Crippen molar-refractivity contribution in [1.82, 2.24) is 4.90 Å². The van der Waals surface area contributed by atoms with E-state index in [2.05, 4.69) is 10.1 Å². The molecule has 8 nitrogen and oxygen atoms in total. The number of hydrogen-bond donors (Lipinski definition) is 1. The number of hydrogen-bond acceptors (Lipinski definition) is 7. The molecule has 34 heavy (non-hydrogen) atoms. The molecule has 2 aromatic rings. The molecular weight excluding hydrogens is 474 g/mol. The molecule has 0 aliphatic carbocycles. The second-order valence-electron chi connectivity index (χ2n) is 7.55. The summed E-state index contributed by atoms with van der Waals surface area (Å²) in [6, 6.07) is 13.3. The van der Waals surface area contributed by atoms with Gasteiger partial charge in [-0.05, 0) is 36.8 Å². The lowest BCUT2D eigenvalue weighted by molar-refractivity contribution is -0.122. The van der Waals surface area contributed by atoms with Crippen LogP contribution >= 0.6 is 24.0 Å². The highest BCUT2D eigenvalue weighted by Crippen LogP contribution is 2.44. The summed E-state index contributed by atoms with van der Waals surface area (Å²) in [7, 11) is 1.29. The molecule has 2 aliphatic heterocycles. The number of para-hydroxylation sites is 1. The van der Waals surface area contributed by atoms with Crippen LogP contribution in [0.5, 0.6) is 0 Å². The number of esters is 1. The quantitative estimate of drug-likeness (QED) is 0.373. The number of thiocarbonyl (C=S) groups is 1. The Morgan fingerprint density at radius 2 is 1.74 bits per heavy atom. The van der Waals surface area contributed by atoms with Crippen molar-refractivity contribution in [2.24, 2.45) is 0 Å². The molecule has 0 saturated carbocycles. The largest absolute Gasteiger partial charge is 0.465 e. The fraction of sp³-hybridized carbons (Fsp3) is 0.208. The number of methoxy groups -OCH3 is 1. The van der Waals surface area contributed by atoms with Crippen molar-refractivity contribution in [2.45, 2.75) is 13.3 Å². The molecule has 0 spiro atoms. The van der Waals surface area contributed by atoms with Crippen LogP contribution in [0.2, 0.25) is 0 Å². The molecular formula is C24H21N3O5S2. The maximum absolute atomic E-state index is 13.4. The number of fused-ring (bicyclic) bond motifs is 1. The van der Waals surface area contributed by atoms with Crippen LogP contribution in [0.1, 0.15) is 29.3 Å². The Bertz CT molecular complexity index is 1240. The fourth-order valence-corrected chi connectivity index (χ4v) is 5.15. The first-order valence-electron chi connectivity index (χ1n) is 10.5. The van der Waals surface area contributed by atoms with Crippen LogP contribution in [0.4, 0.5) is 11.4 Å². The molecule has 0 atom stereocenters. The van der Waals surface area contributed by atoms with Crippen LogP contribution in [0.15, 0.2) is 53.4 Å². The van der Waals surface area contributed by atoms with E-state index in [0.717, 1.165) is 18.2 Å². The number of anilines is 2. The highest BCUT2D eigenvalue weighted by Gasteiger charge is 2.42. The molecule has 4 rings (SSSR count). The Morgan fingerprint density at radius 3 is 2.41 bits per heavy atom. The van der Waals surface area contributed by atoms with E-state index in [4.69, 9.17) is 12.2 Å². The minimum Gasteiger partial charge on any atom is -0.465 e. The zero-order valence-corrected chi connectivity index (χ0v) is 20.1. The van der Waals surface area contributed by atoms with Crippen molar-refractivity contribution in [3.05, 3.63) is 64.6 Å². The second kappa shape index (κ2) is 9.78. The molecule has 0 radical (unpaired) electrons. The number of carbonyl (C=O) groups is 4. The number of ether oxygens (including phenoxy) is 1. The molecule has 1 saturated heterocycles. The van der Waals surface area contributed by atoms with Gasteiger partial charge in [-0.15, -0.1) is 0 Å². The van der Waals surface area contributed by atoms with Gasteiger partial charge in [0.25, 0.3) is 11.8 Å². The lowest BCUT2D eigenvalue weighted by Crippen LogP contribution is -2.35. The standard InChI is InChI=1S/C24H21N3O5S2/c1-3-12-26-22(30)20(34-24(26)33)19-16-6-4-5-7-17(16)27(21(19)29)13-18(28)25-15-10-8-14(9-11-15)23(31)32-2/h4-11H,3,12-13H2,1-2H3,(H,25,28)/b20-19-. The van der Waals surface area contributed by atoms with E-state index < -0.39 is 17.8 Å². The smallest absolute Gasteiger partial charge is 0.337 e. The van der Waals surface area contributed by atoms with Gasteiger partial charge >= 0.3 is 5.97 Å². The van der Waals surface area contributed by atoms with Crippen molar-refractivity contribution in [2.75, 3.05) is 30.4 Å². The molecule has 2 heterocycles. The van der Waals surface area contributed by atoms with Crippen molar-refractivity contribution >= 4 is 68.9 Å².